The smallest absolute Gasteiger partial charge is 0.179 e. The molecule has 2 aromatic heterocycles. The molecule has 2 heterocycles. The number of thiol groups is 1. The Bertz CT molecular complexity index is 1060. The minimum absolute atomic E-state index is 0.0770. The largest absolute Gasteiger partial charge is 0.322 e. The Morgan fingerprint density at radius 1 is 1.10 bits per heavy atom. The van der Waals surface area contributed by atoms with Crippen molar-refractivity contribution < 1.29 is 8.60 Å². The average molecular weight is 420 g/mol. The first-order valence-electron chi connectivity index (χ1n) is 9.60. The van der Waals surface area contributed by atoms with E-state index >= 15 is 0 Å². The molecule has 6 nitrogen and oxygen atoms in total. The highest BCUT2D eigenvalue weighted by molar-refractivity contribution is 8.02. The summed E-state index contributed by atoms with van der Waals surface area (Å²) in [4.78, 5) is 3.26. The third kappa shape index (κ3) is 4.17. The topological polar surface area (TPSA) is 76.5 Å². The number of aryl methyl sites for hydroxylation is 1. The molecular formula is C21H30FN5OS. The van der Waals surface area contributed by atoms with Gasteiger partial charge in [0.15, 0.2) is 5.82 Å². The number of aromatic nitrogens is 5. The summed E-state index contributed by atoms with van der Waals surface area (Å²) in [6, 6.07) is 8.14. The van der Waals surface area contributed by atoms with Crippen LogP contribution >= 0.6 is 0 Å². The number of hydrogen-bond acceptors (Lipinski definition) is 4. The van der Waals surface area contributed by atoms with Crippen molar-refractivity contribution in [3.05, 3.63) is 53.2 Å². The van der Waals surface area contributed by atoms with Crippen molar-refractivity contribution in [2.45, 2.75) is 50.5 Å². The lowest BCUT2D eigenvalue weighted by Gasteiger charge is -2.34. The molecule has 0 radical (unpaired) electrons. The molecule has 1 N–H and O–H groups in total. The molecule has 3 rings (SSSR count). The number of H-pyrrole nitrogens is 1. The second-order valence-electron chi connectivity index (χ2n) is 9.26. The zero-order chi connectivity index (χ0) is 21.6. The Morgan fingerprint density at radius 3 is 2.28 bits per heavy atom. The molecule has 3 aromatic rings. The highest BCUT2D eigenvalue weighted by Gasteiger charge is 2.37. The summed E-state index contributed by atoms with van der Waals surface area (Å²) >= 11 is 0. The molecule has 0 bridgehead atoms. The normalized spacial score (nSPS) is 13.7. The number of aromatic amines is 1. The fraction of sp³-hybridized carbons (Fsp3) is 0.476. The van der Waals surface area contributed by atoms with Crippen molar-refractivity contribution in [2.24, 2.45) is 7.05 Å². The van der Waals surface area contributed by atoms with E-state index in [0.29, 0.717) is 17.4 Å². The van der Waals surface area contributed by atoms with Gasteiger partial charge in [-0.05, 0) is 43.9 Å². The Hall–Kier alpha value is -2.35. The molecule has 0 fully saturated rings. The van der Waals surface area contributed by atoms with Gasteiger partial charge in [0.05, 0.1) is 10.4 Å². The van der Waals surface area contributed by atoms with Gasteiger partial charge in [-0.1, -0.05) is 42.8 Å². The summed E-state index contributed by atoms with van der Waals surface area (Å²) in [5.41, 5.74) is 2.55. The van der Waals surface area contributed by atoms with Crippen LogP contribution in [-0.2, 0) is 32.9 Å². The minimum Gasteiger partial charge on any atom is -0.322 e. The van der Waals surface area contributed by atoms with Crippen LogP contribution in [0.25, 0.3) is 11.5 Å². The lowest BCUT2D eigenvalue weighted by Crippen LogP contribution is -2.37. The molecule has 0 unspecified atom stereocenters. The maximum absolute atomic E-state index is 13.6. The molecular weight excluding hydrogens is 389 g/mol. The van der Waals surface area contributed by atoms with Gasteiger partial charge < -0.3 is 4.98 Å². The summed E-state index contributed by atoms with van der Waals surface area (Å²) < 4.78 is 27.9. The molecule has 0 spiro atoms. The van der Waals surface area contributed by atoms with E-state index in [4.69, 9.17) is 0 Å². The van der Waals surface area contributed by atoms with Gasteiger partial charge in [-0.25, -0.2) is 4.39 Å². The van der Waals surface area contributed by atoms with E-state index < -0.39 is 14.7 Å². The number of rotatable bonds is 5. The van der Waals surface area contributed by atoms with E-state index in [0.717, 1.165) is 17.0 Å². The third-order valence-electron chi connectivity index (χ3n) is 5.54. The summed E-state index contributed by atoms with van der Waals surface area (Å²) in [6.45, 7) is 10.1. The molecule has 1 aromatic carbocycles. The van der Waals surface area contributed by atoms with Crippen LogP contribution < -0.4 is 0 Å². The molecule has 0 aliphatic rings. The molecule has 0 atom stereocenters. The van der Waals surface area contributed by atoms with Gasteiger partial charge >= 0.3 is 0 Å². The van der Waals surface area contributed by atoms with E-state index in [-0.39, 0.29) is 11.2 Å². The lowest BCUT2D eigenvalue weighted by molar-refractivity contribution is 0.553. The van der Waals surface area contributed by atoms with E-state index in [2.05, 4.69) is 41.1 Å². The third-order valence-corrected chi connectivity index (χ3v) is 9.08. The Labute approximate surface area is 172 Å². The SMILES string of the molecule is Cn1nc(C(C)(C)C)cc1-c1nnc(C(C)(C)[SH](C)(=O)Cc2ccc(F)cc2)[nH]1. The van der Waals surface area contributed by atoms with Crippen molar-refractivity contribution in [2.75, 3.05) is 6.26 Å². The first kappa shape index (κ1) is 21.4. The van der Waals surface area contributed by atoms with Crippen molar-refractivity contribution in [3.63, 3.8) is 0 Å². The van der Waals surface area contributed by atoms with E-state index in [9.17, 15) is 8.60 Å². The highest BCUT2D eigenvalue weighted by atomic mass is 32.2. The Balaban J connectivity index is 1.91. The van der Waals surface area contributed by atoms with Gasteiger partial charge in [0, 0.05) is 18.2 Å². The standard InChI is InChI=1S/C21H30FN5OS/c1-20(2,3)17-12-16(27(6)26-17)18-23-19(25-24-18)21(4,5)29(7,28)13-14-8-10-15(22)11-9-14/h8-12,29H,13H2,1-7H3,(H,23,24,25). The fourth-order valence-electron chi connectivity index (χ4n) is 3.07. The van der Waals surface area contributed by atoms with Gasteiger partial charge in [-0.3, -0.25) is 8.89 Å². The Morgan fingerprint density at radius 2 is 1.72 bits per heavy atom. The van der Waals surface area contributed by atoms with Crippen LogP contribution in [0.15, 0.2) is 30.3 Å². The van der Waals surface area contributed by atoms with Crippen molar-refractivity contribution in [1.29, 1.82) is 0 Å². The number of benzene rings is 1. The van der Waals surface area contributed by atoms with Gasteiger partial charge in [-0.15, -0.1) is 10.2 Å². The minimum atomic E-state index is -2.74. The number of nitrogens with one attached hydrogen (secondary N) is 1. The van der Waals surface area contributed by atoms with Crippen molar-refractivity contribution >= 4 is 9.93 Å². The molecule has 8 heteroatoms. The zero-order valence-corrected chi connectivity index (χ0v) is 19.0. The van der Waals surface area contributed by atoms with Crippen LogP contribution in [0.3, 0.4) is 0 Å². The lowest BCUT2D eigenvalue weighted by atomic mass is 9.92. The maximum atomic E-state index is 13.6. The van der Waals surface area contributed by atoms with Gasteiger partial charge in [-0.2, -0.15) is 5.10 Å². The monoisotopic (exact) mass is 419 g/mol. The van der Waals surface area contributed by atoms with Crippen LogP contribution in [0, 0.1) is 5.82 Å². The van der Waals surface area contributed by atoms with Gasteiger partial charge in [0.25, 0.3) is 0 Å². The molecule has 0 saturated carbocycles. The molecule has 0 amide bonds. The number of nitrogens with zero attached hydrogens (tertiary/aromatic N) is 4. The highest BCUT2D eigenvalue weighted by Crippen LogP contribution is 2.35. The fourth-order valence-corrected chi connectivity index (χ4v) is 4.92. The molecule has 29 heavy (non-hydrogen) atoms. The average Bonchev–Trinajstić information content (AvgIpc) is 3.23. The predicted octanol–water partition coefficient (Wildman–Crippen LogP) is 3.72. The summed E-state index contributed by atoms with van der Waals surface area (Å²) in [6.07, 6.45) is 1.76. The summed E-state index contributed by atoms with van der Waals surface area (Å²) in [5, 5.41) is 13.2. The summed E-state index contributed by atoms with van der Waals surface area (Å²) in [5.74, 6) is 1.22. The van der Waals surface area contributed by atoms with Gasteiger partial charge in [0.1, 0.15) is 17.3 Å². The van der Waals surface area contributed by atoms with E-state index in [1.807, 2.05) is 27.0 Å². The second kappa shape index (κ2) is 7.16. The van der Waals surface area contributed by atoms with E-state index in [1.54, 1.807) is 23.1 Å². The van der Waals surface area contributed by atoms with Gasteiger partial charge in [0.2, 0.25) is 0 Å². The first-order valence-corrected chi connectivity index (χ1v) is 11.9. The molecule has 0 saturated heterocycles. The van der Waals surface area contributed by atoms with Crippen LogP contribution in [0.2, 0.25) is 0 Å². The second-order valence-corrected chi connectivity index (χ2v) is 12.9. The zero-order valence-electron chi connectivity index (χ0n) is 18.1. The van der Waals surface area contributed by atoms with Crippen molar-refractivity contribution in [3.8, 4) is 11.5 Å². The van der Waals surface area contributed by atoms with Crippen LogP contribution in [0.5, 0.6) is 0 Å². The number of halogens is 1. The van der Waals surface area contributed by atoms with E-state index in [1.165, 1.54) is 12.1 Å². The van der Waals surface area contributed by atoms with Crippen LogP contribution in [-0.4, -0.2) is 35.4 Å². The summed E-state index contributed by atoms with van der Waals surface area (Å²) in [7, 11) is -0.872. The molecule has 0 aliphatic carbocycles. The van der Waals surface area contributed by atoms with Crippen LogP contribution in [0.1, 0.15) is 51.7 Å². The molecule has 0 aliphatic heterocycles. The quantitative estimate of drug-likeness (QED) is 0.618. The van der Waals surface area contributed by atoms with Crippen molar-refractivity contribution in [1.82, 2.24) is 25.0 Å². The molecule has 158 valence electrons. The van der Waals surface area contributed by atoms with Crippen LogP contribution in [0.4, 0.5) is 4.39 Å². The maximum Gasteiger partial charge on any atom is 0.179 e. The number of hydrogen-bond donors (Lipinski definition) is 2. The predicted molar refractivity (Wildman–Crippen MR) is 116 cm³/mol. The first-order chi connectivity index (χ1) is 13.3. The Kier molecular flexibility index (Phi) is 5.28.